The van der Waals surface area contributed by atoms with E-state index in [9.17, 15) is 14.0 Å². The number of carbonyl (C=O) groups excluding carboxylic acids is 2. The van der Waals surface area contributed by atoms with Crippen LogP contribution in [0.25, 0.3) is 0 Å². The molecule has 10 heteroatoms. The van der Waals surface area contributed by atoms with Gasteiger partial charge >= 0.3 is 0 Å². The van der Waals surface area contributed by atoms with Crippen molar-refractivity contribution in [3.8, 4) is 0 Å². The fourth-order valence-electron chi connectivity index (χ4n) is 2.85. The number of amides is 2. The van der Waals surface area contributed by atoms with Crippen molar-refractivity contribution < 1.29 is 14.0 Å². The Balaban J connectivity index is 1.55. The zero-order chi connectivity index (χ0) is 21.3. The van der Waals surface area contributed by atoms with Crippen LogP contribution in [-0.2, 0) is 4.79 Å². The molecule has 3 aromatic rings. The summed E-state index contributed by atoms with van der Waals surface area (Å²) in [5, 5.41) is 5.88. The smallest absolute Gasteiger partial charge is 0.248 e. The van der Waals surface area contributed by atoms with Gasteiger partial charge in [0.1, 0.15) is 0 Å². The van der Waals surface area contributed by atoms with E-state index < -0.39 is 11.7 Å². The summed E-state index contributed by atoms with van der Waals surface area (Å²) < 4.78 is 14.3. The third-order valence-electron chi connectivity index (χ3n) is 4.48. The van der Waals surface area contributed by atoms with Gasteiger partial charge in [-0.05, 0) is 42.5 Å². The van der Waals surface area contributed by atoms with E-state index >= 15 is 0 Å². The lowest BCUT2D eigenvalue weighted by Gasteiger charge is -2.25. The fourth-order valence-corrected chi connectivity index (χ4v) is 3.83. The van der Waals surface area contributed by atoms with Gasteiger partial charge in [-0.15, -0.1) is 11.8 Å². The van der Waals surface area contributed by atoms with E-state index in [-0.39, 0.29) is 17.7 Å². The molecule has 1 aliphatic rings. The quantitative estimate of drug-likeness (QED) is 0.576. The number of benzene rings is 2. The highest BCUT2D eigenvalue weighted by Crippen LogP contribution is 2.37. The molecule has 152 valence electrons. The SMILES string of the molecule is CN1C(=O)CSc2ccc(Nc3nc(Nc4ccc(C(N)=O)cc4)ncc3F)cc21. The summed E-state index contributed by atoms with van der Waals surface area (Å²) >= 11 is 1.47. The Morgan fingerprint density at radius 1 is 1.17 bits per heavy atom. The molecule has 0 unspecified atom stereocenters. The molecular weight excluding hydrogens is 407 g/mol. The topological polar surface area (TPSA) is 113 Å². The van der Waals surface area contributed by atoms with Gasteiger partial charge in [0.2, 0.25) is 17.8 Å². The van der Waals surface area contributed by atoms with Gasteiger partial charge in [-0.3, -0.25) is 9.59 Å². The molecule has 8 nitrogen and oxygen atoms in total. The first-order chi connectivity index (χ1) is 14.4. The number of nitrogens with two attached hydrogens (primary N) is 1. The summed E-state index contributed by atoms with van der Waals surface area (Å²) in [6.07, 6.45) is 1.05. The molecule has 4 rings (SSSR count). The van der Waals surface area contributed by atoms with Crippen molar-refractivity contribution >= 4 is 52.4 Å². The van der Waals surface area contributed by atoms with Crippen LogP contribution in [0.5, 0.6) is 0 Å². The Morgan fingerprint density at radius 2 is 1.90 bits per heavy atom. The van der Waals surface area contributed by atoms with Crippen LogP contribution in [0, 0.1) is 5.82 Å². The number of hydrogen-bond donors (Lipinski definition) is 3. The predicted molar refractivity (Wildman–Crippen MR) is 114 cm³/mol. The summed E-state index contributed by atoms with van der Waals surface area (Å²) in [6, 6.07) is 11.9. The van der Waals surface area contributed by atoms with E-state index in [1.54, 1.807) is 48.3 Å². The second-order valence-electron chi connectivity index (χ2n) is 6.51. The molecule has 1 aliphatic heterocycles. The molecule has 0 radical (unpaired) electrons. The van der Waals surface area contributed by atoms with Crippen LogP contribution in [0.1, 0.15) is 10.4 Å². The number of thioether (sulfide) groups is 1. The first kappa shape index (κ1) is 19.6. The minimum Gasteiger partial charge on any atom is -0.366 e. The highest BCUT2D eigenvalue weighted by Gasteiger charge is 2.22. The van der Waals surface area contributed by atoms with Crippen LogP contribution in [0.4, 0.5) is 33.2 Å². The predicted octanol–water partition coefficient (Wildman–Crippen LogP) is 3.27. The monoisotopic (exact) mass is 424 g/mol. The van der Waals surface area contributed by atoms with Gasteiger partial charge in [-0.25, -0.2) is 9.37 Å². The fraction of sp³-hybridized carbons (Fsp3) is 0.100. The maximum absolute atomic E-state index is 14.3. The van der Waals surface area contributed by atoms with Gasteiger partial charge in [-0.1, -0.05) is 0 Å². The Hall–Kier alpha value is -3.66. The third-order valence-corrected chi connectivity index (χ3v) is 5.53. The summed E-state index contributed by atoms with van der Waals surface area (Å²) in [5.74, 6) is -0.591. The molecule has 30 heavy (non-hydrogen) atoms. The molecule has 2 amide bonds. The second-order valence-corrected chi connectivity index (χ2v) is 7.52. The number of nitrogens with zero attached hydrogens (tertiary/aromatic N) is 3. The first-order valence-electron chi connectivity index (χ1n) is 8.90. The van der Waals surface area contributed by atoms with E-state index in [0.717, 1.165) is 16.8 Å². The van der Waals surface area contributed by atoms with E-state index in [1.807, 2.05) is 6.07 Å². The maximum atomic E-state index is 14.3. The number of primary amides is 1. The molecule has 0 fully saturated rings. The molecule has 0 atom stereocenters. The highest BCUT2D eigenvalue weighted by atomic mass is 32.2. The Kier molecular flexibility index (Phi) is 5.23. The lowest BCUT2D eigenvalue weighted by atomic mass is 10.2. The largest absolute Gasteiger partial charge is 0.366 e. The number of hydrogen-bond acceptors (Lipinski definition) is 7. The van der Waals surface area contributed by atoms with Crippen LogP contribution in [-0.4, -0.2) is 34.6 Å². The van der Waals surface area contributed by atoms with Crippen molar-refractivity contribution in [3.05, 3.63) is 60.0 Å². The van der Waals surface area contributed by atoms with Gasteiger partial charge < -0.3 is 21.3 Å². The summed E-state index contributed by atoms with van der Waals surface area (Å²) in [5.41, 5.74) is 7.56. The molecule has 2 aromatic carbocycles. The van der Waals surface area contributed by atoms with Crippen molar-refractivity contribution in [1.82, 2.24) is 9.97 Å². The second kappa shape index (κ2) is 7.99. The molecule has 0 spiro atoms. The van der Waals surface area contributed by atoms with Crippen LogP contribution in [0.15, 0.2) is 53.6 Å². The van der Waals surface area contributed by atoms with Crippen molar-refractivity contribution in [1.29, 1.82) is 0 Å². The van der Waals surface area contributed by atoms with Crippen LogP contribution >= 0.6 is 11.8 Å². The number of nitrogens with one attached hydrogen (secondary N) is 2. The van der Waals surface area contributed by atoms with E-state index in [2.05, 4.69) is 20.6 Å². The lowest BCUT2D eigenvalue weighted by Crippen LogP contribution is -2.31. The number of halogens is 1. The molecule has 0 bridgehead atoms. The molecule has 0 aliphatic carbocycles. The highest BCUT2D eigenvalue weighted by molar-refractivity contribution is 8.00. The zero-order valence-electron chi connectivity index (χ0n) is 15.8. The summed E-state index contributed by atoms with van der Waals surface area (Å²) in [4.78, 5) is 33.8. The normalized spacial score (nSPS) is 13.0. The third kappa shape index (κ3) is 4.03. The van der Waals surface area contributed by atoms with E-state index in [1.165, 1.54) is 11.8 Å². The number of aromatic nitrogens is 2. The minimum atomic E-state index is -0.624. The van der Waals surface area contributed by atoms with E-state index in [0.29, 0.717) is 22.7 Å². The Labute approximate surface area is 175 Å². The standard InChI is InChI=1S/C20H17FN6O2S/c1-27-15-8-13(6-7-16(15)30-10-17(27)28)24-19-14(21)9-23-20(26-19)25-12-4-2-11(3-5-12)18(22)29/h2-9H,10H2,1H3,(H2,22,29)(H2,23,24,25,26). The number of rotatable bonds is 5. The average molecular weight is 424 g/mol. The molecule has 0 saturated heterocycles. The Bertz CT molecular complexity index is 1140. The molecule has 2 heterocycles. The van der Waals surface area contributed by atoms with Gasteiger partial charge in [0, 0.05) is 28.9 Å². The lowest BCUT2D eigenvalue weighted by molar-refractivity contribution is -0.116. The molecular formula is C20H17FN6O2S. The summed E-state index contributed by atoms with van der Waals surface area (Å²) in [7, 11) is 1.71. The zero-order valence-corrected chi connectivity index (χ0v) is 16.7. The average Bonchev–Trinajstić information content (AvgIpc) is 2.74. The number of fused-ring (bicyclic) bond motifs is 1. The minimum absolute atomic E-state index is 0.00621. The maximum Gasteiger partial charge on any atom is 0.248 e. The van der Waals surface area contributed by atoms with E-state index in [4.69, 9.17) is 5.73 Å². The molecule has 0 saturated carbocycles. The van der Waals surface area contributed by atoms with Crippen molar-refractivity contribution in [2.75, 3.05) is 28.3 Å². The van der Waals surface area contributed by atoms with Crippen LogP contribution in [0.2, 0.25) is 0 Å². The van der Waals surface area contributed by atoms with Crippen molar-refractivity contribution in [2.45, 2.75) is 4.90 Å². The van der Waals surface area contributed by atoms with Crippen molar-refractivity contribution in [2.24, 2.45) is 5.73 Å². The number of anilines is 5. The number of carbonyl (C=O) groups is 2. The van der Waals surface area contributed by atoms with Crippen LogP contribution < -0.4 is 21.3 Å². The molecule has 4 N–H and O–H groups in total. The van der Waals surface area contributed by atoms with Gasteiger partial charge in [0.05, 0.1) is 17.6 Å². The molecule has 1 aromatic heterocycles. The first-order valence-corrected chi connectivity index (χ1v) is 9.89. The Morgan fingerprint density at radius 3 is 2.63 bits per heavy atom. The van der Waals surface area contributed by atoms with Gasteiger partial charge in [-0.2, -0.15) is 4.98 Å². The van der Waals surface area contributed by atoms with Gasteiger partial charge in [0.15, 0.2) is 11.6 Å². The van der Waals surface area contributed by atoms with Gasteiger partial charge in [0.25, 0.3) is 0 Å². The van der Waals surface area contributed by atoms with Crippen LogP contribution in [0.3, 0.4) is 0 Å². The van der Waals surface area contributed by atoms with Crippen molar-refractivity contribution in [3.63, 3.8) is 0 Å². The summed E-state index contributed by atoms with van der Waals surface area (Å²) in [6.45, 7) is 0.